The zero-order valence-corrected chi connectivity index (χ0v) is 19.8. The second-order valence-electron chi connectivity index (χ2n) is 7.12. The molecule has 0 spiro atoms. The summed E-state index contributed by atoms with van der Waals surface area (Å²) >= 11 is -0.884. The third kappa shape index (κ3) is 5.27. The van der Waals surface area contributed by atoms with Crippen molar-refractivity contribution < 1.29 is 23.1 Å². The fourth-order valence-electron chi connectivity index (χ4n) is 2.98. The number of benzene rings is 3. The van der Waals surface area contributed by atoms with E-state index in [9.17, 15) is 17.8 Å². The molecule has 4 rings (SSSR count). The summed E-state index contributed by atoms with van der Waals surface area (Å²) in [5, 5.41) is 19.2. The summed E-state index contributed by atoms with van der Waals surface area (Å²) < 4.78 is 46.1. The normalized spacial score (nSPS) is 18.6. The number of aryl methyl sites for hydroxylation is 1. The van der Waals surface area contributed by atoms with Gasteiger partial charge < -0.3 is 5.21 Å². The number of amidine groups is 1. The molecular formula is C21H20N4O5S3. The van der Waals surface area contributed by atoms with Crippen LogP contribution >= 0.6 is 11.9 Å². The Balaban J connectivity index is 1.71. The van der Waals surface area contributed by atoms with Crippen molar-refractivity contribution in [3.8, 4) is 0 Å². The van der Waals surface area contributed by atoms with Crippen molar-refractivity contribution in [3.05, 3.63) is 95.2 Å². The minimum absolute atomic E-state index is 0.0379. The maximum Gasteiger partial charge on any atom is 0.284 e. The van der Waals surface area contributed by atoms with Gasteiger partial charge in [-0.1, -0.05) is 48.0 Å². The first-order valence-electron chi connectivity index (χ1n) is 9.71. The lowest BCUT2D eigenvalue weighted by Gasteiger charge is -2.18. The van der Waals surface area contributed by atoms with Gasteiger partial charge in [0.05, 0.1) is 17.1 Å². The van der Waals surface area contributed by atoms with Gasteiger partial charge >= 0.3 is 0 Å². The van der Waals surface area contributed by atoms with Crippen LogP contribution in [-0.2, 0) is 27.7 Å². The van der Waals surface area contributed by atoms with Crippen LogP contribution in [0.3, 0.4) is 0 Å². The molecule has 0 saturated carbocycles. The van der Waals surface area contributed by atoms with E-state index in [-0.39, 0.29) is 22.3 Å². The molecule has 1 heterocycles. The van der Waals surface area contributed by atoms with Crippen LogP contribution in [0, 0.1) is 12.1 Å². The van der Waals surface area contributed by atoms with Gasteiger partial charge in [-0.3, -0.25) is 0 Å². The summed E-state index contributed by atoms with van der Waals surface area (Å²) in [4.78, 5) is 0.0379. The van der Waals surface area contributed by atoms with Gasteiger partial charge in [0, 0.05) is 24.1 Å². The molecule has 172 valence electrons. The van der Waals surface area contributed by atoms with E-state index in [1.807, 2.05) is 37.3 Å². The predicted molar refractivity (Wildman–Crippen MR) is 128 cm³/mol. The van der Waals surface area contributed by atoms with Crippen LogP contribution in [0.15, 0.2) is 88.2 Å². The molecular weight excluding hydrogens is 484 g/mol. The fourth-order valence-corrected chi connectivity index (χ4v) is 6.78. The first kappa shape index (κ1) is 23.4. The standard InChI is InChI=1S/C21H20N4O5S3/c1-16-7-13-20(14-8-16)33(29,30)22-21-23(15-17-5-3-2-4-6-17)32(28)25(31-21)19-11-9-18(10-12-19)24(26)27/h2-14,24,26H,15H2,1H3/t32-/m1/s1. The topological polar surface area (TPSA) is 118 Å². The number of nitrogens with zero attached hydrogens (tertiary/aromatic N) is 3. The van der Waals surface area contributed by atoms with Crippen molar-refractivity contribution in [2.24, 2.45) is 4.40 Å². The second kappa shape index (κ2) is 9.63. The van der Waals surface area contributed by atoms with Crippen LogP contribution in [0.2, 0.25) is 0 Å². The molecule has 9 nitrogen and oxygen atoms in total. The van der Waals surface area contributed by atoms with Gasteiger partial charge in [-0.15, -0.1) is 4.40 Å². The van der Waals surface area contributed by atoms with E-state index in [1.165, 1.54) is 44.4 Å². The van der Waals surface area contributed by atoms with E-state index in [0.717, 1.165) is 23.1 Å². The molecule has 0 aliphatic carbocycles. The van der Waals surface area contributed by atoms with Gasteiger partial charge in [0.15, 0.2) is 5.69 Å². The quantitative estimate of drug-likeness (QED) is 0.394. The summed E-state index contributed by atoms with van der Waals surface area (Å²) in [5.74, 6) is 0. The molecule has 12 heteroatoms. The van der Waals surface area contributed by atoms with Crippen LogP contribution in [0.4, 0.5) is 11.4 Å². The smallest absolute Gasteiger partial charge is 0.284 e. The van der Waals surface area contributed by atoms with Crippen LogP contribution in [0.5, 0.6) is 0 Å². The summed E-state index contributed by atoms with van der Waals surface area (Å²) in [6, 6.07) is 21.4. The molecule has 2 N–H and O–H groups in total. The molecule has 0 radical (unpaired) electrons. The first-order chi connectivity index (χ1) is 15.7. The Morgan fingerprint density at radius 2 is 1.67 bits per heavy atom. The van der Waals surface area contributed by atoms with Crippen molar-refractivity contribution in [1.29, 1.82) is 0 Å². The van der Waals surface area contributed by atoms with Gasteiger partial charge in [-0.25, -0.2) is 17.4 Å². The van der Waals surface area contributed by atoms with Crippen molar-refractivity contribution >= 4 is 49.7 Å². The maximum atomic E-state index is 13.4. The first-order valence-corrected chi connectivity index (χ1v) is 13.0. The van der Waals surface area contributed by atoms with Crippen LogP contribution < -0.4 is 8.94 Å². The Hall–Kier alpha value is -2.74. The highest BCUT2D eigenvalue weighted by Crippen LogP contribution is 2.36. The lowest BCUT2D eigenvalue weighted by molar-refractivity contribution is -0.991. The Kier molecular flexibility index (Phi) is 6.83. The third-order valence-corrected chi connectivity index (χ3v) is 8.86. The summed E-state index contributed by atoms with van der Waals surface area (Å²) in [5.41, 5.74) is 2.29. The maximum absolute atomic E-state index is 13.4. The van der Waals surface area contributed by atoms with Gasteiger partial charge in [0.2, 0.25) is 16.3 Å². The van der Waals surface area contributed by atoms with Gasteiger partial charge in [-0.05, 0) is 36.8 Å². The van der Waals surface area contributed by atoms with Gasteiger partial charge in [0.1, 0.15) is 0 Å². The van der Waals surface area contributed by atoms with Crippen molar-refractivity contribution in [1.82, 2.24) is 4.31 Å². The minimum atomic E-state index is -4.05. The van der Waals surface area contributed by atoms with Crippen LogP contribution in [0.25, 0.3) is 0 Å². The Labute approximate surface area is 198 Å². The van der Waals surface area contributed by atoms with E-state index >= 15 is 0 Å². The zero-order valence-electron chi connectivity index (χ0n) is 17.4. The van der Waals surface area contributed by atoms with Crippen LogP contribution in [0.1, 0.15) is 11.1 Å². The SMILES string of the molecule is Cc1ccc(S(=O)(=O)N=C2SN(c3ccc([NH+]([O-])O)cc3)[S@](=O)N2Cc2ccccc2)cc1. The number of rotatable bonds is 6. The molecule has 1 aliphatic heterocycles. The molecule has 0 amide bonds. The molecule has 0 bridgehead atoms. The van der Waals surface area contributed by atoms with Crippen molar-refractivity contribution in [2.75, 3.05) is 3.71 Å². The van der Waals surface area contributed by atoms with Crippen molar-refractivity contribution in [3.63, 3.8) is 0 Å². The van der Waals surface area contributed by atoms with Gasteiger partial charge in [-0.2, -0.15) is 13.6 Å². The van der Waals surface area contributed by atoms with E-state index in [2.05, 4.69) is 4.40 Å². The van der Waals surface area contributed by atoms with E-state index in [4.69, 9.17) is 5.21 Å². The average molecular weight is 505 g/mol. The summed E-state index contributed by atoms with van der Waals surface area (Å²) in [6.07, 6.45) is 0. The zero-order chi connectivity index (χ0) is 23.6. The number of quaternary nitrogens is 1. The molecule has 2 atom stereocenters. The predicted octanol–water partition coefficient (Wildman–Crippen LogP) is 2.69. The number of hydrogen-bond donors (Lipinski definition) is 2. The van der Waals surface area contributed by atoms with Crippen molar-refractivity contribution in [2.45, 2.75) is 18.4 Å². The molecule has 3 aromatic carbocycles. The lowest BCUT2D eigenvalue weighted by Crippen LogP contribution is -2.99. The largest absolute Gasteiger partial charge is 0.595 e. The molecule has 1 unspecified atom stereocenters. The highest BCUT2D eigenvalue weighted by molar-refractivity contribution is 8.26. The third-order valence-electron chi connectivity index (χ3n) is 4.72. The summed E-state index contributed by atoms with van der Waals surface area (Å²) in [6.45, 7) is 2.03. The lowest BCUT2D eigenvalue weighted by atomic mass is 10.2. The molecule has 1 fully saturated rings. The molecule has 1 aliphatic rings. The highest BCUT2D eigenvalue weighted by Gasteiger charge is 2.37. The number of hydrogen-bond acceptors (Lipinski definition) is 6. The minimum Gasteiger partial charge on any atom is -0.595 e. The summed E-state index contributed by atoms with van der Waals surface area (Å²) in [7, 11) is -4.05. The van der Waals surface area contributed by atoms with Crippen LogP contribution in [-0.4, -0.2) is 27.3 Å². The molecule has 0 aromatic heterocycles. The monoisotopic (exact) mass is 504 g/mol. The Morgan fingerprint density at radius 1 is 1.03 bits per heavy atom. The molecule has 3 aromatic rings. The molecule has 33 heavy (non-hydrogen) atoms. The van der Waals surface area contributed by atoms with Gasteiger partial charge in [0.25, 0.3) is 10.0 Å². The Bertz CT molecular complexity index is 1280. The Morgan fingerprint density at radius 3 is 2.27 bits per heavy atom. The number of anilines is 1. The molecule has 1 saturated heterocycles. The van der Waals surface area contributed by atoms with E-state index in [0.29, 0.717) is 5.69 Å². The second-order valence-corrected chi connectivity index (χ2v) is 11.1. The fraction of sp³-hybridized carbons (Fsp3) is 0.0952. The average Bonchev–Trinajstić information content (AvgIpc) is 3.09. The highest BCUT2D eigenvalue weighted by atomic mass is 32.3. The van der Waals surface area contributed by atoms with E-state index in [1.54, 1.807) is 12.1 Å². The van der Waals surface area contributed by atoms with E-state index < -0.39 is 26.4 Å². The number of sulfonamides is 1. The number of nitrogens with one attached hydrogen (secondary N) is 1.